The summed E-state index contributed by atoms with van der Waals surface area (Å²) in [5.74, 6) is 0. The van der Waals surface area contributed by atoms with Crippen LogP contribution in [0.4, 0.5) is 0 Å². The van der Waals surface area contributed by atoms with Crippen molar-refractivity contribution in [1.29, 1.82) is 0 Å². The Morgan fingerprint density at radius 2 is 1.22 bits per heavy atom. The molecule has 0 saturated heterocycles. The van der Waals surface area contributed by atoms with Gasteiger partial charge < -0.3 is 0 Å². The van der Waals surface area contributed by atoms with E-state index in [0.717, 1.165) is 0 Å². The third kappa shape index (κ3) is 1.70. The van der Waals surface area contributed by atoms with Gasteiger partial charge >= 0.3 is 0 Å². The molecule has 0 heterocycles. The van der Waals surface area contributed by atoms with Gasteiger partial charge in [0, 0.05) is 0 Å². The predicted octanol–water partition coefficient (Wildman–Crippen LogP) is 3.04. The molecule has 0 bridgehead atoms. The van der Waals surface area contributed by atoms with Gasteiger partial charge in [-0.05, 0) is 30.1 Å². The second-order valence-electron chi connectivity index (χ2n) is 4.62. The first-order valence-electron chi connectivity index (χ1n) is 3.78. The Morgan fingerprint density at radius 3 is 1.33 bits per heavy atom. The lowest BCUT2D eigenvalue weighted by Crippen LogP contribution is -2.11. The zero-order chi connectivity index (χ0) is 7.12. The van der Waals surface area contributed by atoms with E-state index in [4.69, 9.17) is 0 Å². The average Bonchev–Trinajstić information content (AvgIpc) is 1.78. The van der Waals surface area contributed by atoms with Crippen molar-refractivity contribution in [3.63, 3.8) is 0 Å². The van der Waals surface area contributed by atoms with Crippen molar-refractivity contribution in [2.75, 3.05) is 0 Å². The van der Waals surface area contributed by atoms with Gasteiger partial charge in [0.1, 0.15) is 0 Å². The molecule has 0 atom stereocenters. The van der Waals surface area contributed by atoms with Crippen LogP contribution in [0, 0.1) is 17.3 Å². The molecule has 1 fully saturated rings. The Hall–Kier alpha value is 0. The SMILES string of the molecule is CC1(C)[CH]C(C)(C)CC1. The molecule has 0 spiro atoms. The highest BCUT2D eigenvalue weighted by atomic mass is 14.4. The molecule has 1 saturated carbocycles. The first-order chi connectivity index (χ1) is 3.91. The molecule has 0 N–H and O–H groups in total. The smallest absolute Gasteiger partial charge is 0.0273 e. The van der Waals surface area contributed by atoms with E-state index in [1.54, 1.807) is 0 Å². The standard InChI is InChI=1S/C9H17/c1-8(2)5-6-9(3,4)7-8/h7H,5-6H2,1-4H3. The molecular formula is C9H17. The second kappa shape index (κ2) is 1.74. The summed E-state index contributed by atoms with van der Waals surface area (Å²) in [6.07, 6.45) is 5.21. The number of hydrogen-bond acceptors (Lipinski definition) is 0. The fourth-order valence-corrected chi connectivity index (χ4v) is 1.85. The minimum absolute atomic E-state index is 0.503. The Bertz CT molecular complexity index is 95.2. The van der Waals surface area contributed by atoms with Crippen molar-refractivity contribution in [3.05, 3.63) is 6.42 Å². The van der Waals surface area contributed by atoms with E-state index < -0.39 is 0 Å². The normalized spacial score (nSPS) is 30.7. The minimum atomic E-state index is 0.503. The molecule has 1 aliphatic carbocycles. The lowest BCUT2D eigenvalue weighted by atomic mass is 9.85. The zero-order valence-corrected chi connectivity index (χ0v) is 6.99. The first kappa shape index (κ1) is 7.11. The third-order valence-corrected chi connectivity index (χ3v) is 2.20. The number of hydrogen-bond donors (Lipinski definition) is 0. The third-order valence-electron chi connectivity index (χ3n) is 2.20. The molecule has 1 aliphatic rings. The van der Waals surface area contributed by atoms with E-state index in [1.165, 1.54) is 12.8 Å². The lowest BCUT2D eigenvalue weighted by molar-refractivity contribution is 0.433. The largest absolute Gasteiger partial charge is 0.0596 e. The minimum Gasteiger partial charge on any atom is -0.0596 e. The van der Waals surface area contributed by atoms with Gasteiger partial charge in [0.15, 0.2) is 0 Å². The van der Waals surface area contributed by atoms with Crippen LogP contribution < -0.4 is 0 Å². The van der Waals surface area contributed by atoms with Crippen LogP contribution in [0.2, 0.25) is 0 Å². The lowest BCUT2D eigenvalue weighted by Gasteiger charge is -2.20. The molecule has 53 valence electrons. The van der Waals surface area contributed by atoms with Gasteiger partial charge in [0.2, 0.25) is 0 Å². The predicted molar refractivity (Wildman–Crippen MR) is 41.1 cm³/mol. The highest BCUT2D eigenvalue weighted by Crippen LogP contribution is 2.47. The summed E-state index contributed by atoms with van der Waals surface area (Å²) in [5.41, 5.74) is 1.01. The Labute approximate surface area is 58.7 Å². The monoisotopic (exact) mass is 125 g/mol. The van der Waals surface area contributed by atoms with Crippen LogP contribution in [0.1, 0.15) is 40.5 Å². The van der Waals surface area contributed by atoms with E-state index in [2.05, 4.69) is 34.1 Å². The molecule has 0 aromatic carbocycles. The topological polar surface area (TPSA) is 0 Å². The molecular weight excluding hydrogens is 108 g/mol. The Balaban J connectivity index is 2.58. The van der Waals surface area contributed by atoms with Crippen LogP contribution in [0.3, 0.4) is 0 Å². The van der Waals surface area contributed by atoms with Crippen LogP contribution in [-0.2, 0) is 0 Å². The second-order valence-corrected chi connectivity index (χ2v) is 4.62. The van der Waals surface area contributed by atoms with E-state index in [9.17, 15) is 0 Å². The summed E-state index contributed by atoms with van der Waals surface area (Å²) in [4.78, 5) is 0. The Morgan fingerprint density at radius 1 is 0.889 bits per heavy atom. The summed E-state index contributed by atoms with van der Waals surface area (Å²) < 4.78 is 0. The van der Waals surface area contributed by atoms with Crippen molar-refractivity contribution < 1.29 is 0 Å². The van der Waals surface area contributed by atoms with Crippen LogP contribution in [0.15, 0.2) is 0 Å². The molecule has 0 nitrogen and oxygen atoms in total. The van der Waals surface area contributed by atoms with Crippen LogP contribution in [0.5, 0.6) is 0 Å². The highest BCUT2D eigenvalue weighted by Gasteiger charge is 2.36. The summed E-state index contributed by atoms with van der Waals surface area (Å²) in [7, 11) is 0. The zero-order valence-electron chi connectivity index (χ0n) is 6.99. The summed E-state index contributed by atoms with van der Waals surface area (Å²) in [5, 5.41) is 0. The summed E-state index contributed by atoms with van der Waals surface area (Å²) in [6, 6.07) is 0. The van der Waals surface area contributed by atoms with Gasteiger partial charge in [-0.25, -0.2) is 0 Å². The van der Waals surface area contributed by atoms with Crippen LogP contribution in [0.25, 0.3) is 0 Å². The van der Waals surface area contributed by atoms with Crippen molar-refractivity contribution in [3.8, 4) is 0 Å². The van der Waals surface area contributed by atoms with E-state index >= 15 is 0 Å². The van der Waals surface area contributed by atoms with Gasteiger partial charge in [-0.3, -0.25) is 0 Å². The molecule has 9 heavy (non-hydrogen) atoms. The average molecular weight is 125 g/mol. The summed E-state index contributed by atoms with van der Waals surface area (Å²) in [6.45, 7) is 9.28. The fourth-order valence-electron chi connectivity index (χ4n) is 1.85. The molecule has 1 radical (unpaired) electrons. The van der Waals surface area contributed by atoms with Crippen molar-refractivity contribution in [2.45, 2.75) is 40.5 Å². The van der Waals surface area contributed by atoms with Crippen LogP contribution >= 0.6 is 0 Å². The molecule has 0 aromatic heterocycles. The summed E-state index contributed by atoms with van der Waals surface area (Å²) >= 11 is 0. The van der Waals surface area contributed by atoms with E-state index in [1.807, 2.05) is 0 Å². The first-order valence-corrected chi connectivity index (χ1v) is 3.78. The van der Waals surface area contributed by atoms with Gasteiger partial charge in [-0.15, -0.1) is 0 Å². The highest BCUT2D eigenvalue weighted by molar-refractivity contribution is 5.02. The van der Waals surface area contributed by atoms with Gasteiger partial charge in [0.25, 0.3) is 0 Å². The van der Waals surface area contributed by atoms with Crippen molar-refractivity contribution in [1.82, 2.24) is 0 Å². The number of rotatable bonds is 0. The van der Waals surface area contributed by atoms with Gasteiger partial charge in [-0.2, -0.15) is 0 Å². The molecule has 1 rings (SSSR count). The molecule has 0 amide bonds. The van der Waals surface area contributed by atoms with Crippen molar-refractivity contribution in [2.24, 2.45) is 10.8 Å². The maximum atomic E-state index is 2.49. The van der Waals surface area contributed by atoms with E-state index in [-0.39, 0.29) is 0 Å². The Kier molecular flexibility index (Phi) is 1.38. The van der Waals surface area contributed by atoms with Crippen LogP contribution in [-0.4, -0.2) is 0 Å². The molecule has 0 heteroatoms. The van der Waals surface area contributed by atoms with Gasteiger partial charge in [-0.1, -0.05) is 27.7 Å². The van der Waals surface area contributed by atoms with Crippen molar-refractivity contribution >= 4 is 0 Å². The maximum absolute atomic E-state index is 2.49. The maximum Gasteiger partial charge on any atom is -0.0273 e. The van der Waals surface area contributed by atoms with Gasteiger partial charge in [0.05, 0.1) is 0 Å². The fraction of sp³-hybridized carbons (Fsp3) is 0.889. The quantitative estimate of drug-likeness (QED) is 0.467. The molecule has 0 unspecified atom stereocenters. The molecule has 0 aliphatic heterocycles. The van der Waals surface area contributed by atoms with E-state index in [0.29, 0.717) is 10.8 Å². The molecule has 0 aromatic rings.